The topological polar surface area (TPSA) is 66.4 Å². The fourth-order valence-corrected chi connectivity index (χ4v) is 4.86. The summed E-state index contributed by atoms with van der Waals surface area (Å²) < 4.78 is 0. The van der Waals surface area contributed by atoms with Crippen molar-refractivity contribution < 1.29 is 14.7 Å². The number of benzene rings is 2. The highest BCUT2D eigenvalue weighted by molar-refractivity contribution is 7.15. The Hall–Kier alpha value is -2.63. The molecule has 0 unspecified atom stereocenters. The van der Waals surface area contributed by atoms with Gasteiger partial charge in [0.1, 0.15) is 4.88 Å². The van der Waals surface area contributed by atoms with E-state index in [2.05, 4.69) is 11.4 Å². The summed E-state index contributed by atoms with van der Waals surface area (Å²) in [6.07, 6.45) is 0.302. The number of halogens is 1. The number of hydrogen-bond acceptors (Lipinski definition) is 3. The number of carbonyl (C=O) groups excluding carboxylic acids is 1. The summed E-state index contributed by atoms with van der Waals surface area (Å²) in [6, 6.07) is 15.0. The Morgan fingerprint density at radius 3 is 2.63 bits per heavy atom. The van der Waals surface area contributed by atoms with E-state index in [1.165, 1.54) is 11.3 Å². The van der Waals surface area contributed by atoms with Gasteiger partial charge in [-0.2, -0.15) is 0 Å². The number of rotatable bonds is 3. The summed E-state index contributed by atoms with van der Waals surface area (Å²) in [5.74, 6) is -1.27. The van der Waals surface area contributed by atoms with Crippen LogP contribution in [0.3, 0.4) is 0 Å². The second-order valence-corrected chi connectivity index (χ2v) is 8.07. The first-order valence-electron chi connectivity index (χ1n) is 8.46. The number of carbonyl (C=O) groups is 2. The van der Waals surface area contributed by atoms with Gasteiger partial charge in [0, 0.05) is 27.8 Å². The van der Waals surface area contributed by atoms with E-state index < -0.39 is 5.97 Å². The van der Waals surface area contributed by atoms with Crippen LogP contribution in [-0.2, 0) is 4.79 Å². The van der Waals surface area contributed by atoms with Crippen LogP contribution < -0.4 is 5.32 Å². The van der Waals surface area contributed by atoms with Gasteiger partial charge in [0.05, 0.1) is 5.69 Å². The number of fused-ring (bicyclic) bond motifs is 1. The van der Waals surface area contributed by atoms with Crippen molar-refractivity contribution in [2.24, 2.45) is 0 Å². The molecule has 2 aromatic carbocycles. The monoisotopic (exact) mass is 397 g/mol. The predicted molar refractivity (Wildman–Crippen MR) is 108 cm³/mol. The zero-order chi connectivity index (χ0) is 19.1. The molecule has 0 saturated carbocycles. The van der Waals surface area contributed by atoms with Crippen molar-refractivity contribution in [2.75, 3.05) is 5.32 Å². The maximum absolute atomic E-state index is 12.4. The zero-order valence-corrected chi connectivity index (χ0v) is 16.0. The molecule has 2 N–H and O–H groups in total. The van der Waals surface area contributed by atoms with Gasteiger partial charge in [-0.1, -0.05) is 53.6 Å². The molecule has 3 aromatic rings. The molecule has 1 aromatic heterocycles. The number of anilines is 1. The predicted octanol–water partition coefficient (Wildman–Crippen LogP) is 5.55. The first-order valence-corrected chi connectivity index (χ1v) is 9.66. The molecular weight excluding hydrogens is 382 g/mol. The van der Waals surface area contributed by atoms with Gasteiger partial charge in [0.2, 0.25) is 5.91 Å². The Bertz CT molecular complexity index is 1060. The van der Waals surface area contributed by atoms with Crippen molar-refractivity contribution in [2.45, 2.75) is 19.3 Å². The van der Waals surface area contributed by atoms with E-state index >= 15 is 0 Å². The van der Waals surface area contributed by atoms with Crippen LogP contribution in [-0.4, -0.2) is 17.0 Å². The molecule has 27 heavy (non-hydrogen) atoms. The summed E-state index contributed by atoms with van der Waals surface area (Å²) in [7, 11) is 0. The number of aryl methyl sites for hydroxylation is 1. The van der Waals surface area contributed by atoms with E-state index in [0.29, 0.717) is 22.7 Å². The van der Waals surface area contributed by atoms with Gasteiger partial charge in [-0.05, 0) is 30.2 Å². The second-order valence-electron chi connectivity index (χ2n) is 6.58. The number of carboxylic acids is 1. The van der Waals surface area contributed by atoms with Gasteiger partial charge in [-0.25, -0.2) is 4.79 Å². The lowest BCUT2D eigenvalue weighted by molar-refractivity contribution is -0.116. The summed E-state index contributed by atoms with van der Waals surface area (Å²) in [4.78, 5) is 25.5. The molecule has 6 heteroatoms. The Morgan fingerprint density at radius 2 is 1.96 bits per heavy atom. The second kappa shape index (κ2) is 6.83. The zero-order valence-electron chi connectivity index (χ0n) is 14.5. The molecule has 1 aliphatic rings. The normalized spacial score (nSPS) is 15.9. The molecule has 0 radical (unpaired) electrons. The van der Waals surface area contributed by atoms with Gasteiger partial charge in [0.15, 0.2) is 0 Å². The van der Waals surface area contributed by atoms with Crippen LogP contribution in [0.1, 0.15) is 38.0 Å². The lowest BCUT2D eigenvalue weighted by Crippen LogP contribution is -2.22. The molecule has 4 rings (SSSR count). The van der Waals surface area contributed by atoms with Crippen molar-refractivity contribution in [3.63, 3.8) is 0 Å². The maximum Gasteiger partial charge on any atom is 0.346 e. The summed E-state index contributed by atoms with van der Waals surface area (Å²) in [5, 5.41) is 13.2. The van der Waals surface area contributed by atoms with Crippen LogP contribution in [0.4, 0.5) is 5.69 Å². The first-order chi connectivity index (χ1) is 12.9. The lowest BCUT2D eigenvalue weighted by atomic mass is 9.88. The van der Waals surface area contributed by atoms with Gasteiger partial charge in [-0.3, -0.25) is 4.79 Å². The average molecular weight is 398 g/mol. The van der Waals surface area contributed by atoms with Crippen molar-refractivity contribution in [3.05, 3.63) is 74.4 Å². The lowest BCUT2D eigenvalue weighted by Gasteiger charge is -2.24. The van der Waals surface area contributed by atoms with Crippen LogP contribution >= 0.6 is 22.9 Å². The smallest absolute Gasteiger partial charge is 0.346 e. The molecule has 0 spiro atoms. The van der Waals surface area contributed by atoms with Crippen LogP contribution in [0.15, 0.2) is 48.5 Å². The van der Waals surface area contributed by atoms with Crippen LogP contribution in [0.5, 0.6) is 0 Å². The van der Waals surface area contributed by atoms with Crippen molar-refractivity contribution in [3.8, 4) is 11.1 Å². The van der Waals surface area contributed by atoms with Crippen LogP contribution in [0.2, 0.25) is 5.02 Å². The molecule has 0 saturated heterocycles. The molecule has 4 nitrogen and oxygen atoms in total. The Balaban J connectivity index is 1.94. The Labute approximate surface area is 165 Å². The number of aromatic carboxylic acids is 1. The molecule has 2 heterocycles. The van der Waals surface area contributed by atoms with Crippen LogP contribution in [0, 0.1) is 6.92 Å². The minimum atomic E-state index is -1.00. The third-order valence-corrected chi connectivity index (χ3v) is 6.22. The van der Waals surface area contributed by atoms with E-state index in [1.807, 2.05) is 25.1 Å². The number of amides is 1. The Kier molecular flexibility index (Phi) is 4.50. The fraction of sp³-hybridized carbons (Fsp3) is 0.143. The highest BCUT2D eigenvalue weighted by Gasteiger charge is 2.34. The molecule has 1 atom stereocenters. The SMILES string of the molecule is Cc1cccc([C@H]2CC(=O)Nc3c2sc(C(=O)O)c3-c2ccc(Cl)cc2)c1. The van der Waals surface area contributed by atoms with E-state index in [1.54, 1.807) is 24.3 Å². The van der Waals surface area contributed by atoms with E-state index in [9.17, 15) is 14.7 Å². The van der Waals surface area contributed by atoms with Crippen molar-refractivity contribution in [1.29, 1.82) is 0 Å². The largest absolute Gasteiger partial charge is 0.477 e. The summed E-state index contributed by atoms with van der Waals surface area (Å²) in [5.41, 5.74) is 3.99. The fourth-order valence-electron chi connectivity index (χ4n) is 3.49. The molecular formula is C21H16ClNO3S. The Morgan fingerprint density at radius 1 is 1.22 bits per heavy atom. The van der Waals surface area contributed by atoms with Gasteiger partial charge >= 0.3 is 5.97 Å². The summed E-state index contributed by atoms with van der Waals surface area (Å²) in [6.45, 7) is 2.00. The van der Waals surface area contributed by atoms with E-state index in [-0.39, 0.29) is 16.7 Å². The van der Waals surface area contributed by atoms with Crippen LogP contribution in [0.25, 0.3) is 11.1 Å². The quantitative estimate of drug-likeness (QED) is 0.608. The van der Waals surface area contributed by atoms with Crippen molar-refractivity contribution >= 4 is 40.5 Å². The van der Waals surface area contributed by atoms with Gasteiger partial charge < -0.3 is 10.4 Å². The highest BCUT2D eigenvalue weighted by atomic mass is 35.5. The van der Waals surface area contributed by atoms with E-state index in [0.717, 1.165) is 21.6 Å². The van der Waals surface area contributed by atoms with Gasteiger partial charge in [0.25, 0.3) is 0 Å². The molecule has 1 amide bonds. The van der Waals surface area contributed by atoms with Gasteiger partial charge in [-0.15, -0.1) is 11.3 Å². The molecule has 136 valence electrons. The highest BCUT2D eigenvalue weighted by Crippen LogP contribution is 2.49. The maximum atomic E-state index is 12.4. The summed E-state index contributed by atoms with van der Waals surface area (Å²) >= 11 is 7.21. The van der Waals surface area contributed by atoms with Crippen molar-refractivity contribution in [1.82, 2.24) is 0 Å². The molecule has 0 aliphatic carbocycles. The van der Waals surface area contributed by atoms with E-state index in [4.69, 9.17) is 11.6 Å². The minimum Gasteiger partial charge on any atom is -0.477 e. The minimum absolute atomic E-state index is 0.112. The third kappa shape index (κ3) is 3.24. The number of carboxylic acid groups (broad SMARTS) is 1. The standard InChI is InChI=1S/C21H16ClNO3S/c1-11-3-2-4-13(9-11)15-10-16(24)23-18-17(12-5-7-14(22)8-6-12)20(21(25)26)27-19(15)18/h2-9,15H,10H2,1H3,(H,23,24)(H,25,26)/t15-/m1/s1. The number of thiophene rings is 1. The molecule has 0 bridgehead atoms. The number of hydrogen-bond donors (Lipinski definition) is 2. The molecule has 1 aliphatic heterocycles. The third-order valence-electron chi connectivity index (χ3n) is 4.68. The first kappa shape index (κ1) is 17.8. The average Bonchev–Trinajstić information content (AvgIpc) is 3.01. The molecule has 0 fully saturated rings. The number of nitrogens with one attached hydrogen (secondary N) is 1.